The maximum atomic E-state index is 14.4. The molecule has 258 valence electrons. The third-order valence-corrected chi connectivity index (χ3v) is 11.4. The van der Waals surface area contributed by atoms with E-state index in [4.69, 9.17) is 16.3 Å². The van der Waals surface area contributed by atoms with Gasteiger partial charge in [0.15, 0.2) is 0 Å². The summed E-state index contributed by atoms with van der Waals surface area (Å²) in [5.41, 5.74) is 4.19. The van der Waals surface area contributed by atoms with Gasteiger partial charge in [-0.05, 0) is 85.5 Å². The monoisotopic (exact) mass is 721 g/mol. The molecule has 2 N–H and O–H groups in total. The summed E-state index contributed by atoms with van der Waals surface area (Å²) >= 11 is 7.42. The van der Waals surface area contributed by atoms with Crippen LogP contribution in [-0.4, -0.2) is 55.6 Å². The van der Waals surface area contributed by atoms with Gasteiger partial charge in [0.05, 0.1) is 26.8 Å². The number of hydrogen-bond acceptors (Lipinski definition) is 7. The van der Waals surface area contributed by atoms with Crippen LogP contribution in [0, 0.1) is 11.2 Å². The standard InChI is InChI=1S/C39H33ClFN5O4S/c40-29-7-3-8-30(41)33(29)44-37(48)32-21-25-14-18-46(31-9-2-1-5-27(31)34(25)51-32)38(49)24-10-12-26(13-11-24)43-36(47)28-6-4-17-42-35(28)45-22-39(23-45)15-19-50-20-16-39/h1-13,17,21H,14-16,18-20,22-23H2,(H,43,47)(H,44,48). The molecule has 5 aromatic rings. The highest BCUT2D eigenvalue weighted by molar-refractivity contribution is 7.17. The molecule has 0 bridgehead atoms. The molecule has 9 nitrogen and oxygen atoms in total. The molecule has 2 aromatic heterocycles. The maximum Gasteiger partial charge on any atom is 0.265 e. The number of carbonyl (C=O) groups is 3. The van der Waals surface area contributed by atoms with Gasteiger partial charge >= 0.3 is 0 Å². The first kappa shape index (κ1) is 33.1. The molecule has 12 heteroatoms. The molecule has 3 aliphatic heterocycles. The number of rotatable bonds is 6. The van der Waals surface area contributed by atoms with Gasteiger partial charge in [-0.25, -0.2) is 9.37 Å². The third-order valence-electron chi connectivity index (χ3n) is 9.85. The van der Waals surface area contributed by atoms with Crippen molar-refractivity contribution in [1.29, 1.82) is 0 Å². The summed E-state index contributed by atoms with van der Waals surface area (Å²) in [4.78, 5) is 50.3. The molecule has 2 saturated heterocycles. The Balaban J connectivity index is 0.968. The molecule has 3 aliphatic rings. The number of fused-ring (bicyclic) bond motifs is 3. The van der Waals surface area contributed by atoms with E-state index in [2.05, 4.69) is 20.5 Å². The molecule has 3 amide bonds. The van der Waals surface area contributed by atoms with Gasteiger partial charge in [0.1, 0.15) is 11.6 Å². The lowest BCUT2D eigenvalue weighted by molar-refractivity contribution is -0.000510. The molecule has 0 aliphatic carbocycles. The number of ether oxygens (including phenoxy) is 1. The van der Waals surface area contributed by atoms with E-state index < -0.39 is 11.7 Å². The second kappa shape index (κ2) is 13.6. The molecule has 3 aromatic carbocycles. The Hall–Kier alpha value is -5.10. The molecular weight excluding hydrogens is 689 g/mol. The molecule has 0 atom stereocenters. The predicted octanol–water partition coefficient (Wildman–Crippen LogP) is 7.93. The van der Waals surface area contributed by atoms with Crippen molar-refractivity contribution in [2.24, 2.45) is 5.41 Å². The Morgan fingerprint density at radius 2 is 1.69 bits per heavy atom. The molecule has 1 spiro atoms. The van der Waals surface area contributed by atoms with E-state index in [9.17, 15) is 18.8 Å². The zero-order chi connectivity index (χ0) is 35.1. The first-order valence-corrected chi connectivity index (χ1v) is 18.0. The first-order valence-electron chi connectivity index (χ1n) is 16.8. The van der Waals surface area contributed by atoms with Gasteiger partial charge in [-0.15, -0.1) is 11.3 Å². The van der Waals surface area contributed by atoms with Crippen LogP contribution < -0.4 is 20.4 Å². The summed E-state index contributed by atoms with van der Waals surface area (Å²) in [5.74, 6) is -0.840. The fourth-order valence-corrected chi connectivity index (χ4v) is 8.47. The number of pyridine rings is 1. The number of hydrogen-bond donors (Lipinski definition) is 2. The van der Waals surface area contributed by atoms with Crippen molar-refractivity contribution in [3.8, 4) is 10.4 Å². The second-order valence-electron chi connectivity index (χ2n) is 13.1. The molecule has 2 fully saturated rings. The predicted molar refractivity (Wildman–Crippen MR) is 198 cm³/mol. The van der Waals surface area contributed by atoms with Crippen LogP contribution in [0.4, 0.5) is 27.3 Å². The Labute approximate surface area is 303 Å². The first-order chi connectivity index (χ1) is 24.8. The largest absolute Gasteiger partial charge is 0.381 e. The van der Waals surface area contributed by atoms with Crippen molar-refractivity contribution in [3.63, 3.8) is 0 Å². The van der Waals surface area contributed by atoms with Crippen LogP contribution in [0.1, 0.15) is 48.8 Å². The molecule has 5 heterocycles. The lowest BCUT2D eigenvalue weighted by atomic mass is 9.73. The van der Waals surface area contributed by atoms with Gasteiger partial charge in [0.2, 0.25) is 0 Å². The van der Waals surface area contributed by atoms with Crippen molar-refractivity contribution in [3.05, 3.63) is 124 Å². The number of aromatic nitrogens is 1. The van der Waals surface area contributed by atoms with E-state index in [1.54, 1.807) is 53.6 Å². The molecule has 0 unspecified atom stereocenters. The average Bonchev–Trinajstić information content (AvgIpc) is 3.50. The van der Waals surface area contributed by atoms with E-state index in [1.807, 2.05) is 24.3 Å². The second-order valence-corrected chi connectivity index (χ2v) is 14.6. The van der Waals surface area contributed by atoms with Gasteiger partial charge in [0, 0.05) is 66.2 Å². The quantitative estimate of drug-likeness (QED) is 0.185. The fourth-order valence-electron chi connectivity index (χ4n) is 7.12. The van der Waals surface area contributed by atoms with Crippen molar-refractivity contribution in [2.75, 3.05) is 53.3 Å². The average molecular weight is 722 g/mol. The molecule has 8 rings (SSSR count). The topological polar surface area (TPSA) is 104 Å². The summed E-state index contributed by atoms with van der Waals surface area (Å²) in [5, 5.41) is 5.70. The summed E-state index contributed by atoms with van der Waals surface area (Å²) < 4.78 is 19.9. The maximum absolute atomic E-state index is 14.4. The van der Waals surface area contributed by atoms with Gasteiger partial charge < -0.3 is 25.2 Å². The number of halogens is 2. The van der Waals surface area contributed by atoms with Crippen molar-refractivity contribution >= 4 is 63.5 Å². The van der Waals surface area contributed by atoms with Crippen LogP contribution in [-0.2, 0) is 11.2 Å². The SMILES string of the molecule is O=C(Nc1c(F)cccc1Cl)c1cc2c(s1)-c1ccccc1N(C(=O)c1ccc(NC(=O)c3cccnc3N3CC4(CCOCC4)C3)cc1)CC2. The normalized spacial score (nSPS) is 16.0. The van der Waals surface area contributed by atoms with E-state index in [0.717, 1.165) is 60.8 Å². The van der Waals surface area contributed by atoms with E-state index >= 15 is 0 Å². The number of amides is 3. The number of benzene rings is 3. The third kappa shape index (κ3) is 6.37. The summed E-state index contributed by atoms with van der Waals surface area (Å²) in [7, 11) is 0. The Morgan fingerprint density at radius 1 is 0.902 bits per heavy atom. The van der Waals surface area contributed by atoms with E-state index in [-0.39, 0.29) is 27.9 Å². The molecular formula is C39H33ClFN5O4S. The lowest BCUT2D eigenvalue weighted by Crippen LogP contribution is -2.59. The highest BCUT2D eigenvalue weighted by atomic mass is 35.5. The number of nitrogens with zero attached hydrogens (tertiary/aromatic N) is 3. The van der Waals surface area contributed by atoms with Gasteiger partial charge in [-0.3, -0.25) is 14.4 Å². The number of nitrogens with one attached hydrogen (secondary N) is 2. The highest BCUT2D eigenvalue weighted by Crippen LogP contribution is 2.43. The highest BCUT2D eigenvalue weighted by Gasteiger charge is 2.45. The van der Waals surface area contributed by atoms with Crippen LogP contribution >= 0.6 is 22.9 Å². The summed E-state index contributed by atoms with van der Waals surface area (Å²) in [6.45, 7) is 3.65. The minimum absolute atomic E-state index is 0.0624. The number of anilines is 4. The minimum atomic E-state index is -0.614. The van der Waals surface area contributed by atoms with E-state index in [1.165, 1.54) is 29.5 Å². The molecule has 0 radical (unpaired) electrons. The Kier molecular flexibility index (Phi) is 8.79. The van der Waals surface area contributed by atoms with Gasteiger partial charge in [0.25, 0.3) is 17.7 Å². The zero-order valence-corrected chi connectivity index (χ0v) is 29.0. The molecule has 0 saturated carbocycles. The van der Waals surface area contributed by atoms with E-state index in [0.29, 0.717) is 40.5 Å². The minimum Gasteiger partial charge on any atom is -0.381 e. The number of carbonyl (C=O) groups excluding carboxylic acids is 3. The number of para-hydroxylation sites is 2. The van der Waals surface area contributed by atoms with Crippen molar-refractivity contribution in [1.82, 2.24) is 4.98 Å². The Morgan fingerprint density at radius 3 is 2.47 bits per heavy atom. The van der Waals surface area contributed by atoms with Crippen molar-refractivity contribution in [2.45, 2.75) is 19.3 Å². The van der Waals surface area contributed by atoms with Crippen molar-refractivity contribution < 1.29 is 23.5 Å². The molecule has 51 heavy (non-hydrogen) atoms. The zero-order valence-electron chi connectivity index (χ0n) is 27.5. The van der Waals surface area contributed by atoms with Crippen LogP contribution in [0.25, 0.3) is 10.4 Å². The number of thiophene rings is 1. The van der Waals surface area contributed by atoms with Crippen LogP contribution in [0.5, 0.6) is 0 Å². The fraction of sp³-hybridized carbons (Fsp3) is 0.231. The Bertz CT molecular complexity index is 2140. The van der Waals surface area contributed by atoms with Crippen LogP contribution in [0.2, 0.25) is 5.02 Å². The summed E-state index contributed by atoms with van der Waals surface area (Å²) in [6.07, 6.45) is 4.26. The van der Waals surface area contributed by atoms with Crippen LogP contribution in [0.15, 0.2) is 91.1 Å². The smallest absolute Gasteiger partial charge is 0.265 e. The van der Waals surface area contributed by atoms with Gasteiger partial charge in [-0.2, -0.15) is 0 Å². The van der Waals surface area contributed by atoms with Gasteiger partial charge in [-0.1, -0.05) is 35.9 Å². The summed E-state index contributed by atoms with van der Waals surface area (Å²) in [6, 6.07) is 24.1. The van der Waals surface area contributed by atoms with Crippen LogP contribution in [0.3, 0.4) is 0 Å². The lowest BCUT2D eigenvalue weighted by Gasteiger charge is -2.53.